The fourth-order valence-corrected chi connectivity index (χ4v) is 6.46. The van der Waals surface area contributed by atoms with Gasteiger partial charge in [-0.15, -0.1) is 0 Å². The number of carbonyl (C=O) groups excluding carboxylic acids is 3. The molecule has 2 saturated heterocycles. The average Bonchev–Trinajstić information content (AvgIpc) is 3.57. The number of nitrogens with zero attached hydrogens (tertiary/aromatic N) is 3. The number of sulfonamides is 1. The molecule has 10 nitrogen and oxygen atoms in total. The van der Waals surface area contributed by atoms with Gasteiger partial charge in [0.2, 0.25) is 10.0 Å². The first kappa shape index (κ1) is 26.1. The number of hydrogen-bond acceptors (Lipinski definition) is 7. The number of likely N-dealkylation sites (tertiary alicyclic amines) is 1. The molecule has 0 radical (unpaired) electrons. The predicted molar refractivity (Wildman–Crippen MR) is 139 cm³/mol. The fourth-order valence-electron chi connectivity index (χ4n) is 5.56. The van der Waals surface area contributed by atoms with Crippen LogP contribution in [0.15, 0.2) is 59.0 Å². The van der Waals surface area contributed by atoms with Crippen LogP contribution in [0, 0.1) is 0 Å². The normalized spacial score (nSPS) is 24.7. The molecule has 5 rings (SSSR count). The maximum Gasteiger partial charge on any atom is 0.296 e. The molecular weight excluding hydrogens is 510 g/mol. The maximum atomic E-state index is 14.2. The monoisotopic (exact) mass is 539 g/mol. The lowest BCUT2D eigenvalue weighted by Crippen LogP contribution is -2.53. The molecule has 0 bridgehead atoms. The highest BCUT2D eigenvalue weighted by molar-refractivity contribution is 7.89. The van der Waals surface area contributed by atoms with Crippen molar-refractivity contribution in [3.63, 3.8) is 0 Å². The zero-order chi connectivity index (χ0) is 27.4. The number of para-hydroxylation sites is 1. The van der Waals surface area contributed by atoms with Gasteiger partial charge in [0.05, 0.1) is 22.3 Å². The van der Waals surface area contributed by atoms with Crippen molar-refractivity contribution in [1.29, 1.82) is 0 Å². The van der Waals surface area contributed by atoms with Crippen molar-refractivity contribution in [3.8, 4) is 0 Å². The smallest absolute Gasteiger partial charge is 0.296 e. The Bertz CT molecular complexity index is 1460. The lowest BCUT2D eigenvalue weighted by atomic mass is 9.81. The molecule has 0 saturated carbocycles. The van der Waals surface area contributed by atoms with E-state index in [0.29, 0.717) is 30.8 Å². The molecule has 0 unspecified atom stereocenters. The molecule has 2 amide bonds. The Morgan fingerprint density at radius 3 is 2.39 bits per heavy atom. The van der Waals surface area contributed by atoms with E-state index in [1.54, 1.807) is 31.2 Å². The van der Waals surface area contributed by atoms with Gasteiger partial charge >= 0.3 is 0 Å². The van der Waals surface area contributed by atoms with Gasteiger partial charge in [-0.05, 0) is 50.1 Å². The molecule has 0 aliphatic carbocycles. The summed E-state index contributed by atoms with van der Waals surface area (Å²) in [6.07, 6.45) is 1.13. The molecule has 1 N–H and O–H groups in total. The van der Waals surface area contributed by atoms with Crippen molar-refractivity contribution in [2.75, 3.05) is 38.7 Å². The van der Waals surface area contributed by atoms with Gasteiger partial charge in [-0.1, -0.05) is 18.2 Å². The molecule has 2 fully saturated rings. The number of aliphatic hydroxyl groups is 1. The molecule has 3 aliphatic heterocycles. The van der Waals surface area contributed by atoms with Crippen molar-refractivity contribution >= 4 is 39.1 Å². The molecule has 1 spiro atoms. The zero-order valence-electron chi connectivity index (χ0n) is 21.4. The largest absolute Gasteiger partial charge is 0.507 e. The van der Waals surface area contributed by atoms with E-state index in [4.69, 9.17) is 4.74 Å². The number of ketones is 1. The average molecular weight is 540 g/mol. The Morgan fingerprint density at radius 2 is 1.79 bits per heavy atom. The van der Waals surface area contributed by atoms with Crippen LogP contribution in [0.5, 0.6) is 0 Å². The van der Waals surface area contributed by atoms with E-state index in [9.17, 15) is 27.9 Å². The van der Waals surface area contributed by atoms with Crippen molar-refractivity contribution in [3.05, 3.63) is 65.2 Å². The fraction of sp³-hybridized carbons (Fsp3) is 0.370. The molecule has 11 heteroatoms. The summed E-state index contributed by atoms with van der Waals surface area (Å²) >= 11 is 0. The first-order valence-corrected chi connectivity index (χ1v) is 13.9. The highest BCUT2D eigenvalue weighted by atomic mass is 32.2. The van der Waals surface area contributed by atoms with Crippen molar-refractivity contribution < 1.29 is 32.6 Å². The first-order valence-electron chi connectivity index (χ1n) is 12.4. The van der Waals surface area contributed by atoms with Crippen LogP contribution in [0.25, 0.3) is 5.76 Å². The zero-order valence-corrected chi connectivity index (χ0v) is 22.2. The van der Waals surface area contributed by atoms with E-state index < -0.39 is 38.9 Å². The summed E-state index contributed by atoms with van der Waals surface area (Å²) < 4.78 is 31.8. The van der Waals surface area contributed by atoms with Crippen LogP contribution >= 0.6 is 0 Å². The van der Waals surface area contributed by atoms with Crippen molar-refractivity contribution in [2.24, 2.45) is 0 Å². The molecule has 2 atom stereocenters. The Kier molecular flexibility index (Phi) is 6.41. The van der Waals surface area contributed by atoms with E-state index >= 15 is 0 Å². The highest BCUT2D eigenvalue weighted by Crippen LogP contribution is 2.53. The summed E-state index contributed by atoms with van der Waals surface area (Å²) in [7, 11) is -0.923. The Hall–Kier alpha value is -3.54. The number of rotatable bonds is 6. The van der Waals surface area contributed by atoms with Crippen LogP contribution in [0.2, 0.25) is 0 Å². The Labute approximate surface area is 221 Å². The number of aliphatic hydroxyl groups excluding tert-OH is 1. The SMILES string of the molecule is CCN1C(=O)[C@]2(C(=C(O)c3ccc(S(=O)(=O)N(C)C)cc3)C(=O)C(=O)N2C[C@@H]2CCCO2)c2ccccc21. The van der Waals surface area contributed by atoms with Gasteiger partial charge in [0, 0.05) is 44.9 Å². The van der Waals surface area contributed by atoms with Crippen LogP contribution in [-0.4, -0.2) is 80.2 Å². The summed E-state index contributed by atoms with van der Waals surface area (Å²) in [6.45, 7) is 2.62. The number of carbonyl (C=O) groups is 3. The van der Waals surface area contributed by atoms with Gasteiger partial charge < -0.3 is 19.6 Å². The summed E-state index contributed by atoms with van der Waals surface area (Å²) in [6, 6.07) is 12.3. The quantitative estimate of drug-likeness (QED) is 0.339. The number of anilines is 1. The van der Waals surface area contributed by atoms with Gasteiger partial charge in [-0.2, -0.15) is 0 Å². The lowest BCUT2D eigenvalue weighted by Gasteiger charge is -2.35. The Morgan fingerprint density at radius 1 is 1.11 bits per heavy atom. The second-order valence-corrected chi connectivity index (χ2v) is 11.8. The summed E-state index contributed by atoms with van der Waals surface area (Å²) in [5.41, 5.74) is -1.12. The maximum absolute atomic E-state index is 14.2. The molecule has 2 aromatic rings. The number of likely N-dealkylation sites (N-methyl/N-ethyl adjacent to an activating group) is 1. The number of amides is 2. The Balaban J connectivity index is 1.74. The predicted octanol–water partition coefficient (Wildman–Crippen LogP) is 2.06. The molecule has 200 valence electrons. The highest BCUT2D eigenvalue weighted by Gasteiger charge is 2.67. The molecule has 3 aliphatic rings. The molecule has 3 heterocycles. The van der Waals surface area contributed by atoms with Gasteiger partial charge in [0.15, 0.2) is 5.54 Å². The number of fused-ring (bicyclic) bond motifs is 2. The first-order chi connectivity index (χ1) is 18.1. The molecule has 2 aromatic carbocycles. The van der Waals surface area contributed by atoms with Crippen LogP contribution in [0.1, 0.15) is 30.9 Å². The van der Waals surface area contributed by atoms with E-state index in [-0.39, 0.29) is 28.7 Å². The van der Waals surface area contributed by atoms with E-state index in [1.165, 1.54) is 48.2 Å². The summed E-state index contributed by atoms with van der Waals surface area (Å²) in [4.78, 5) is 44.1. The third-order valence-corrected chi connectivity index (χ3v) is 9.27. The van der Waals surface area contributed by atoms with Crippen molar-refractivity contribution in [1.82, 2.24) is 9.21 Å². The van der Waals surface area contributed by atoms with Gasteiger partial charge in [-0.3, -0.25) is 14.4 Å². The van der Waals surface area contributed by atoms with Crippen LogP contribution < -0.4 is 4.90 Å². The van der Waals surface area contributed by atoms with Crippen LogP contribution in [0.3, 0.4) is 0 Å². The second kappa shape index (κ2) is 9.33. The number of hydrogen-bond donors (Lipinski definition) is 1. The number of ether oxygens (including phenoxy) is 1. The van der Waals surface area contributed by atoms with Crippen molar-refractivity contribution in [2.45, 2.75) is 36.3 Å². The molecular formula is C27H29N3O7S. The molecule has 38 heavy (non-hydrogen) atoms. The van der Waals surface area contributed by atoms with Crippen LogP contribution in [-0.2, 0) is 34.7 Å². The molecule has 0 aromatic heterocycles. The minimum atomic E-state index is -3.73. The van der Waals surface area contributed by atoms with E-state index in [1.807, 2.05) is 0 Å². The standard InChI is InChI=1S/C27H29N3O7S/c1-4-29-21-10-6-5-9-20(21)27(26(29)34)22(24(32)25(33)30(27)16-18-8-7-15-37-18)23(31)17-11-13-19(14-12-17)38(35,36)28(2)3/h5-6,9-14,18,31H,4,7-8,15-16H2,1-3H3/t18-,27+/m0/s1. The lowest BCUT2D eigenvalue weighted by molar-refractivity contribution is -0.145. The summed E-state index contributed by atoms with van der Waals surface area (Å²) in [5, 5.41) is 11.5. The van der Waals surface area contributed by atoms with Gasteiger partial charge in [0.25, 0.3) is 17.6 Å². The minimum absolute atomic E-state index is 0.00737. The number of Topliss-reactive ketones (excluding diaryl/α,β-unsaturated/α-hetero) is 1. The minimum Gasteiger partial charge on any atom is -0.507 e. The topological polar surface area (TPSA) is 125 Å². The van der Waals surface area contributed by atoms with E-state index in [0.717, 1.165) is 10.7 Å². The third kappa shape index (κ3) is 3.60. The van der Waals surface area contributed by atoms with E-state index in [2.05, 4.69) is 0 Å². The van der Waals surface area contributed by atoms with Crippen LogP contribution in [0.4, 0.5) is 5.69 Å². The number of benzene rings is 2. The third-order valence-electron chi connectivity index (χ3n) is 7.44. The van der Waals surface area contributed by atoms with Gasteiger partial charge in [0.1, 0.15) is 5.76 Å². The second-order valence-electron chi connectivity index (χ2n) is 9.69. The van der Waals surface area contributed by atoms with Gasteiger partial charge in [-0.25, -0.2) is 12.7 Å². The summed E-state index contributed by atoms with van der Waals surface area (Å²) in [5.74, 6) is -2.93.